The Kier molecular flexibility index (Phi) is 10.6. The summed E-state index contributed by atoms with van der Waals surface area (Å²) >= 11 is 0. The van der Waals surface area contributed by atoms with Crippen LogP contribution in [0.25, 0.3) is 0 Å². The summed E-state index contributed by atoms with van der Waals surface area (Å²) in [7, 11) is 1.73. The second-order valence-electron chi connectivity index (χ2n) is 8.50. The molecule has 0 spiro atoms. The van der Waals surface area contributed by atoms with Crippen LogP contribution in [0.4, 0.5) is 15.8 Å². The Balaban J connectivity index is 0.00000115. The summed E-state index contributed by atoms with van der Waals surface area (Å²) in [5.41, 5.74) is 2.94. The molecule has 3 aromatic rings. The Morgan fingerprint density at radius 3 is 2.25 bits per heavy atom. The molecule has 0 aliphatic carbocycles. The van der Waals surface area contributed by atoms with E-state index >= 15 is 0 Å². The number of ether oxygens (including phenoxy) is 2. The SMILES string of the molecule is CCC.COc1ccc(CN2CCN(c3ccccc3NS(=O)c3cccc(F)c3)CC2)cc1OC. The number of rotatable bonds is 8. The van der Waals surface area contributed by atoms with E-state index in [1.54, 1.807) is 26.4 Å². The molecule has 0 aromatic heterocycles. The van der Waals surface area contributed by atoms with Crippen LogP contribution in [-0.4, -0.2) is 49.5 Å². The summed E-state index contributed by atoms with van der Waals surface area (Å²) in [6.45, 7) is 8.57. The fraction of sp³-hybridized carbons (Fsp3) is 0.357. The van der Waals surface area contributed by atoms with E-state index < -0.39 is 16.8 Å². The van der Waals surface area contributed by atoms with Crippen LogP contribution in [-0.2, 0) is 17.5 Å². The number of methoxy groups -OCH3 is 2. The predicted octanol–water partition coefficient (Wildman–Crippen LogP) is 5.72. The first kappa shape index (κ1) is 27.5. The van der Waals surface area contributed by atoms with Crippen LogP contribution < -0.4 is 19.1 Å². The number of benzene rings is 3. The van der Waals surface area contributed by atoms with Crippen LogP contribution in [0.15, 0.2) is 71.6 Å². The summed E-state index contributed by atoms with van der Waals surface area (Å²) in [6, 6.07) is 19.7. The fourth-order valence-corrected chi connectivity index (χ4v) is 4.87. The van der Waals surface area contributed by atoms with Gasteiger partial charge in [-0.15, -0.1) is 0 Å². The van der Waals surface area contributed by atoms with Crippen LogP contribution in [0.3, 0.4) is 0 Å². The van der Waals surface area contributed by atoms with Gasteiger partial charge in [0.15, 0.2) is 11.5 Å². The average molecular weight is 514 g/mol. The summed E-state index contributed by atoms with van der Waals surface area (Å²) in [4.78, 5) is 5.10. The first-order valence-electron chi connectivity index (χ1n) is 12.2. The van der Waals surface area contributed by atoms with Crippen LogP contribution >= 0.6 is 0 Å². The van der Waals surface area contributed by atoms with E-state index in [9.17, 15) is 8.60 Å². The number of nitrogens with one attached hydrogen (secondary N) is 1. The molecule has 3 aromatic carbocycles. The van der Waals surface area contributed by atoms with E-state index in [2.05, 4.69) is 34.4 Å². The molecule has 1 aliphatic rings. The van der Waals surface area contributed by atoms with Crippen molar-refractivity contribution in [3.8, 4) is 11.5 Å². The molecular weight excluding hydrogens is 477 g/mol. The molecule has 1 aliphatic heterocycles. The Hall–Kier alpha value is -3.10. The molecule has 1 atom stereocenters. The Labute approximate surface area is 216 Å². The number of nitrogens with zero attached hydrogens (tertiary/aromatic N) is 2. The molecule has 194 valence electrons. The molecule has 0 bridgehead atoms. The van der Waals surface area contributed by atoms with Gasteiger partial charge in [-0.05, 0) is 48.0 Å². The lowest BCUT2D eigenvalue weighted by molar-refractivity contribution is 0.249. The zero-order chi connectivity index (χ0) is 25.9. The van der Waals surface area contributed by atoms with Gasteiger partial charge in [-0.3, -0.25) is 9.62 Å². The Morgan fingerprint density at radius 1 is 0.889 bits per heavy atom. The van der Waals surface area contributed by atoms with E-state index in [0.717, 1.165) is 55.6 Å². The molecule has 1 fully saturated rings. The number of hydrogen-bond donors (Lipinski definition) is 1. The standard InChI is InChI=1S/C25H28FN3O3S.C3H8/c1-31-24-11-10-19(16-25(24)32-2)18-28-12-14-29(15-13-28)23-9-4-3-8-22(23)27-33(30)21-7-5-6-20(26)17-21;1-3-2/h3-11,16-17,27H,12-15,18H2,1-2H3;3H2,1-2H3. The second-order valence-corrected chi connectivity index (χ2v) is 9.72. The van der Waals surface area contributed by atoms with E-state index in [1.165, 1.54) is 24.1 Å². The Morgan fingerprint density at radius 2 is 1.58 bits per heavy atom. The molecule has 0 saturated carbocycles. The van der Waals surface area contributed by atoms with Crippen molar-refractivity contribution < 1.29 is 18.1 Å². The van der Waals surface area contributed by atoms with Gasteiger partial charge in [0.1, 0.15) is 16.8 Å². The average Bonchev–Trinajstić information content (AvgIpc) is 2.90. The molecule has 1 saturated heterocycles. The highest BCUT2D eigenvalue weighted by Gasteiger charge is 2.20. The zero-order valence-electron chi connectivity index (χ0n) is 21.5. The van der Waals surface area contributed by atoms with E-state index in [1.807, 2.05) is 36.4 Å². The number of anilines is 2. The molecule has 0 amide bonds. The summed E-state index contributed by atoms with van der Waals surface area (Å²) < 4.78 is 40.1. The number of piperazine rings is 1. The zero-order valence-corrected chi connectivity index (χ0v) is 22.3. The van der Waals surface area contributed by atoms with Gasteiger partial charge in [-0.25, -0.2) is 8.60 Å². The normalized spacial score (nSPS) is 14.4. The molecule has 8 heteroatoms. The van der Waals surface area contributed by atoms with Gasteiger partial charge in [0.25, 0.3) is 0 Å². The highest BCUT2D eigenvalue weighted by Crippen LogP contribution is 2.30. The second kappa shape index (κ2) is 13.8. The lowest BCUT2D eigenvalue weighted by Gasteiger charge is -2.37. The van der Waals surface area contributed by atoms with Gasteiger partial charge in [-0.1, -0.05) is 44.5 Å². The van der Waals surface area contributed by atoms with Crippen molar-refractivity contribution in [2.24, 2.45) is 0 Å². The van der Waals surface area contributed by atoms with Crippen molar-refractivity contribution in [1.29, 1.82) is 0 Å². The third kappa shape index (κ3) is 7.45. The summed E-state index contributed by atoms with van der Waals surface area (Å²) in [6.07, 6.45) is 1.25. The summed E-state index contributed by atoms with van der Waals surface area (Å²) in [5, 5.41) is 0. The summed E-state index contributed by atoms with van der Waals surface area (Å²) in [5.74, 6) is 1.06. The number of hydrogen-bond acceptors (Lipinski definition) is 5. The van der Waals surface area contributed by atoms with Gasteiger partial charge in [0.05, 0.1) is 30.5 Å². The molecule has 0 radical (unpaired) electrons. The highest BCUT2D eigenvalue weighted by molar-refractivity contribution is 7.86. The predicted molar refractivity (Wildman–Crippen MR) is 146 cm³/mol. The minimum atomic E-state index is -1.55. The first-order chi connectivity index (χ1) is 17.5. The number of halogens is 1. The van der Waals surface area contributed by atoms with Crippen molar-refractivity contribution in [1.82, 2.24) is 4.90 Å². The monoisotopic (exact) mass is 513 g/mol. The van der Waals surface area contributed by atoms with E-state index in [-0.39, 0.29) is 0 Å². The van der Waals surface area contributed by atoms with Crippen LogP contribution in [0.2, 0.25) is 0 Å². The maximum absolute atomic E-state index is 13.5. The molecule has 36 heavy (non-hydrogen) atoms. The van der Waals surface area contributed by atoms with Gasteiger partial charge in [0, 0.05) is 32.7 Å². The Bertz CT molecular complexity index is 1140. The molecule has 4 rings (SSSR count). The fourth-order valence-electron chi connectivity index (χ4n) is 3.96. The largest absolute Gasteiger partial charge is 0.493 e. The van der Waals surface area contributed by atoms with Crippen LogP contribution in [0.5, 0.6) is 11.5 Å². The molecule has 1 heterocycles. The van der Waals surface area contributed by atoms with Gasteiger partial charge in [-0.2, -0.15) is 0 Å². The topological polar surface area (TPSA) is 54.0 Å². The van der Waals surface area contributed by atoms with Crippen molar-refractivity contribution in [3.63, 3.8) is 0 Å². The third-order valence-corrected chi connectivity index (χ3v) is 6.77. The third-order valence-electron chi connectivity index (χ3n) is 5.68. The van der Waals surface area contributed by atoms with E-state index in [4.69, 9.17) is 9.47 Å². The lowest BCUT2D eigenvalue weighted by atomic mass is 10.1. The first-order valence-corrected chi connectivity index (χ1v) is 13.3. The van der Waals surface area contributed by atoms with Crippen LogP contribution in [0.1, 0.15) is 25.8 Å². The highest BCUT2D eigenvalue weighted by atomic mass is 32.2. The minimum Gasteiger partial charge on any atom is -0.493 e. The van der Waals surface area contributed by atoms with Crippen molar-refractivity contribution in [2.45, 2.75) is 31.7 Å². The molecule has 1 unspecified atom stereocenters. The maximum Gasteiger partial charge on any atom is 0.161 e. The lowest BCUT2D eigenvalue weighted by Crippen LogP contribution is -2.46. The molecule has 1 N–H and O–H groups in total. The van der Waals surface area contributed by atoms with Gasteiger partial charge in [0.2, 0.25) is 0 Å². The van der Waals surface area contributed by atoms with Gasteiger partial charge >= 0.3 is 0 Å². The van der Waals surface area contributed by atoms with Crippen molar-refractivity contribution >= 4 is 22.4 Å². The smallest absolute Gasteiger partial charge is 0.161 e. The molecular formula is C28H36FN3O3S. The number of para-hydroxylation sites is 2. The van der Waals surface area contributed by atoms with Gasteiger partial charge < -0.3 is 14.4 Å². The maximum atomic E-state index is 13.5. The van der Waals surface area contributed by atoms with Crippen LogP contribution in [0, 0.1) is 5.82 Å². The minimum absolute atomic E-state index is 0.401. The van der Waals surface area contributed by atoms with Crippen molar-refractivity contribution in [2.75, 3.05) is 50.0 Å². The quantitative estimate of drug-likeness (QED) is 0.418. The molecule has 6 nitrogen and oxygen atoms in total. The van der Waals surface area contributed by atoms with E-state index in [0.29, 0.717) is 4.90 Å². The van der Waals surface area contributed by atoms with Crippen molar-refractivity contribution in [3.05, 3.63) is 78.1 Å².